The summed E-state index contributed by atoms with van der Waals surface area (Å²) in [7, 11) is 0. The Kier molecular flexibility index (Phi) is 3.72. The van der Waals surface area contributed by atoms with E-state index in [-0.39, 0.29) is 17.9 Å². The van der Waals surface area contributed by atoms with Gasteiger partial charge in [-0.25, -0.2) is 19.3 Å². The van der Waals surface area contributed by atoms with Crippen molar-refractivity contribution in [2.75, 3.05) is 0 Å². The van der Waals surface area contributed by atoms with Crippen molar-refractivity contribution in [1.82, 2.24) is 23.9 Å². The van der Waals surface area contributed by atoms with Crippen LogP contribution in [-0.4, -0.2) is 23.9 Å². The summed E-state index contributed by atoms with van der Waals surface area (Å²) in [6, 6.07) is 12.3. The van der Waals surface area contributed by atoms with Crippen LogP contribution in [0.5, 0.6) is 0 Å². The number of rotatable bonds is 3. The molecule has 0 atom stereocenters. The van der Waals surface area contributed by atoms with Gasteiger partial charge in [-0.3, -0.25) is 9.36 Å². The van der Waals surface area contributed by atoms with Crippen LogP contribution < -0.4 is 5.56 Å². The standard InChI is InChI=1S/C21H14FN5O/c22-17-10-14(15-5-6-19-23-8-9-26(19)12-15)3-4-16(17)13-27-20(28)11-25-18-2-1-7-24-21(18)27/h1-12H,13H2. The Balaban J connectivity index is 1.54. The zero-order valence-electron chi connectivity index (χ0n) is 14.7. The van der Waals surface area contributed by atoms with Crippen molar-refractivity contribution in [3.63, 3.8) is 0 Å². The molecule has 0 aliphatic carbocycles. The van der Waals surface area contributed by atoms with Crippen LogP contribution in [0.4, 0.5) is 4.39 Å². The minimum absolute atomic E-state index is 0.0849. The molecule has 28 heavy (non-hydrogen) atoms. The molecule has 7 heteroatoms. The Morgan fingerprint density at radius 3 is 2.75 bits per heavy atom. The number of hydrogen-bond donors (Lipinski definition) is 0. The first kappa shape index (κ1) is 16.3. The molecule has 5 aromatic rings. The maximum absolute atomic E-state index is 14.8. The second-order valence-corrected chi connectivity index (χ2v) is 6.45. The molecule has 0 spiro atoms. The van der Waals surface area contributed by atoms with Gasteiger partial charge in [0, 0.05) is 30.4 Å². The third-order valence-electron chi connectivity index (χ3n) is 4.71. The number of aromatic nitrogens is 5. The van der Waals surface area contributed by atoms with E-state index in [4.69, 9.17) is 0 Å². The molecule has 0 fully saturated rings. The molecule has 0 saturated heterocycles. The highest BCUT2D eigenvalue weighted by Gasteiger charge is 2.11. The molecule has 0 radical (unpaired) electrons. The first-order valence-corrected chi connectivity index (χ1v) is 8.71. The number of nitrogens with zero attached hydrogens (tertiary/aromatic N) is 5. The molecule has 0 saturated carbocycles. The Morgan fingerprint density at radius 1 is 0.964 bits per heavy atom. The van der Waals surface area contributed by atoms with E-state index in [1.165, 1.54) is 16.8 Å². The predicted molar refractivity (Wildman–Crippen MR) is 103 cm³/mol. The summed E-state index contributed by atoms with van der Waals surface area (Å²) in [6.07, 6.45) is 8.29. The Bertz CT molecular complexity index is 1390. The summed E-state index contributed by atoms with van der Waals surface area (Å²) in [5.74, 6) is -0.379. The van der Waals surface area contributed by atoms with E-state index in [1.807, 2.05) is 35.0 Å². The van der Waals surface area contributed by atoms with Gasteiger partial charge < -0.3 is 4.40 Å². The van der Waals surface area contributed by atoms with Crippen molar-refractivity contribution < 1.29 is 4.39 Å². The average molecular weight is 371 g/mol. The van der Waals surface area contributed by atoms with Gasteiger partial charge in [-0.2, -0.15) is 0 Å². The quantitative estimate of drug-likeness (QED) is 0.488. The maximum Gasteiger partial charge on any atom is 0.270 e. The summed E-state index contributed by atoms with van der Waals surface area (Å²) in [5, 5.41) is 0. The molecule has 0 bridgehead atoms. The molecule has 5 rings (SSSR count). The fraction of sp³-hybridized carbons (Fsp3) is 0.0476. The van der Waals surface area contributed by atoms with Gasteiger partial charge >= 0.3 is 0 Å². The van der Waals surface area contributed by atoms with Gasteiger partial charge in [0.05, 0.1) is 12.7 Å². The highest BCUT2D eigenvalue weighted by Crippen LogP contribution is 2.23. The lowest BCUT2D eigenvalue weighted by molar-refractivity contribution is 0.599. The van der Waals surface area contributed by atoms with Crippen LogP contribution in [0.1, 0.15) is 5.56 Å². The van der Waals surface area contributed by atoms with E-state index >= 15 is 0 Å². The summed E-state index contributed by atoms with van der Waals surface area (Å²) in [5.41, 5.74) is 3.58. The minimum Gasteiger partial charge on any atom is -0.306 e. The number of fused-ring (bicyclic) bond motifs is 2. The van der Waals surface area contributed by atoms with Gasteiger partial charge in [0.15, 0.2) is 5.65 Å². The van der Waals surface area contributed by atoms with Crippen molar-refractivity contribution in [3.05, 3.63) is 95.2 Å². The zero-order valence-corrected chi connectivity index (χ0v) is 14.7. The van der Waals surface area contributed by atoms with E-state index in [1.54, 1.807) is 30.6 Å². The molecule has 0 N–H and O–H groups in total. The minimum atomic E-state index is -0.379. The summed E-state index contributed by atoms with van der Waals surface area (Å²) in [4.78, 5) is 24.8. The summed E-state index contributed by atoms with van der Waals surface area (Å²) in [6.45, 7) is 0.0849. The van der Waals surface area contributed by atoms with Crippen LogP contribution in [0.15, 0.2) is 78.2 Å². The molecule has 4 heterocycles. The highest BCUT2D eigenvalue weighted by atomic mass is 19.1. The van der Waals surface area contributed by atoms with Gasteiger partial charge in [0.25, 0.3) is 5.56 Å². The molecular formula is C21H14FN5O. The molecule has 0 unspecified atom stereocenters. The smallest absolute Gasteiger partial charge is 0.270 e. The third kappa shape index (κ3) is 2.73. The van der Waals surface area contributed by atoms with Gasteiger partial charge in [-0.05, 0) is 41.5 Å². The van der Waals surface area contributed by atoms with E-state index in [2.05, 4.69) is 15.0 Å². The van der Waals surface area contributed by atoms with Gasteiger partial charge in [-0.15, -0.1) is 0 Å². The van der Waals surface area contributed by atoms with Crippen LogP contribution >= 0.6 is 0 Å². The first-order valence-electron chi connectivity index (χ1n) is 8.71. The summed E-state index contributed by atoms with van der Waals surface area (Å²) < 4.78 is 18.1. The van der Waals surface area contributed by atoms with Crippen LogP contribution in [0.2, 0.25) is 0 Å². The average Bonchev–Trinajstić information content (AvgIpc) is 3.19. The topological polar surface area (TPSA) is 65.1 Å². The molecule has 0 aliphatic heterocycles. The van der Waals surface area contributed by atoms with Gasteiger partial charge in [0.1, 0.15) is 17.0 Å². The van der Waals surface area contributed by atoms with Gasteiger partial charge in [0.2, 0.25) is 0 Å². The van der Waals surface area contributed by atoms with Crippen LogP contribution in [0.3, 0.4) is 0 Å². The maximum atomic E-state index is 14.8. The van der Waals surface area contributed by atoms with Gasteiger partial charge in [-0.1, -0.05) is 12.1 Å². The monoisotopic (exact) mass is 371 g/mol. The second-order valence-electron chi connectivity index (χ2n) is 6.45. The Morgan fingerprint density at radius 2 is 1.86 bits per heavy atom. The molecule has 0 aliphatic rings. The van der Waals surface area contributed by atoms with E-state index < -0.39 is 0 Å². The number of halogens is 1. The van der Waals surface area contributed by atoms with E-state index in [9.17, 15) is 9.18 Å². The normalized spacial score (nSPS) is 11.3. The molecule has 1 aromatic carbocycles. The van der Waals surface area contributed by atoms with Crippen molar-refractivity contribution in [1.29, 1.82) is 0 Å². The molecule has 136 valence electrons. The van der Waals surface area contributed by atoms with Crippen LogP contribution in [0.25, 0.3) is 27.9 Å². The van der Waals surface area contributed by atoms with Crippen LogP contribution in [-0.2, 0) is 6.54 Å². The Hall–Kier alpha value is -3.87. The fourth-order valence-corrected chi connectivity index (χ4v) is 3.27. The molecule has 4 aromatic heterocycles. The lowest BCUT2D eigenvalue weighted by Gasteiger charge is -2.11. The number of hydrogen-bond acceptors (Lipinski definition) is 4. The second kappa shape index (κ2) is 6.38. The van der Waals surface area contributed by atoms with E-state index in [0.29, 0.717) is 16.7 Å². The van der Waals surface area contributed by atoms with Crippen molar-refractivity contribution in [2.24, 2.45) is 0 Å². The molecule has 0 amide bonds. The SMILES string of the molecule is O=c1cnc2cccnc2n1Cc1ccc(-c2ccc3nccn3c2)cc1F. The lowest BCUT2D eigenvalue weighted by atomic mass is 10.0. The predicted octanol–water partition coefficient (Wildman–Crippen LogP) is 3.29. The zero-order chi connectivity index (χ0) is 19.1. The largest absolute Gasteiger partial charge is 0.306 e. The number of benzene rings is 1. The Labute approximate surface area is 158 Å². The fourth-order valence-electron chi connectivity index (χ4n) is 3.27. The third-order valence-corrected chi connectivity index (χ3v) is 4.71. The molecular weight excluding hydrogens is 357 g/mol. The highest BCUT2D eigenvalue weighted by molar-refractivity contribution is 5.69. The lowest BCUT2D eigenvalue weighted by Crippen LogP contribution is -2.22. The van der Waals surface area contributed by atoms with Crippen molar-refractivity contribution >= 4 is 16.8 Å². The van der Waals surface area contributed by atoms with Crippen molar-refractivity contribution in [3.8, 4) is 11.1 Å². The summed E-state index contributed by atoms with van der Waals surface area (Å²) >= 11 is 0. The van der Waals surface area contributed by atoms with E-state index in [0.717, 1.165) is 16.8 Å². The molecule has 6 nitrogen and oxygen atoms in total. The van der Waals surface area contributed by atoms with Crippen LogP contribution in [0, 0.1) is 5.82 Å². The van der Waals surface area contributed by atoms with Crippen molar-refractivity contribution in [2.45, 2.75) is 6.54 Å². The number of pyridine rings is 2. The first-order chi connectivity index (χ1) is 13.7. The number of imidazole rings is 1.